The molecule has 1 fully saturated rings. The van der Waals surface area contributed by atoms with E-state index in [9.17, 15) is 9.90 Å². The van der Waals surface area contributed by atoms with Crippen molar-refractivity contribution in [2.45, 2.75) is 44.6 Å². The predicted octanol–water partition coefficient (Wildman–Crippen LogP) is 5.28. The Bertz CT molecular complexity index is 852. The summed E-state index contributed by atoms with van der Waals surface area (Å²) in [7, 11) is 1.67. The number of anilines is 1. The van der Waals surface area contributed by atoms with E-state index in [0.717, 1.165) is 17.9 Å². The number of aromatic carboxylic acids is 1. The van der Waals surface area contributed by atoms with Crippen LogP contribution < -0.4 is 9.75 Å². The van der Waals surface area contributed by atoms with Gasteiger partial charge in [0.2, 0.25) is 0 Å². The third kappa shape index (κ3) is 3.75. The minimum absolute atomic E-state index is 0.124. The van der Waals surface area contributed by atoms with Crippen molar-refractivity contribution < 1.29 is 14.6 Å². The smallest absolute Gasteiger partial charge is 0.335 e. The van der Waals surface area contributed by atoms with E-state index < -0.39 is 5.97 Å². The lowest BCUT2D eigenvalue weighted by atomic mass is 9.83. The highest BCUT2D eigenvalue weighted by atomic mass is 16.5. The molecule has 5 nitrogen and oxygen atoms in total. The van der Waals surface area contributed by atoms with E-state index in [0.29, 0.717) is 11.5 Å². The number of benzene rings is 2. The van der Waals surface area contributed by atoms with Crippen molar-refractivity contribution in [2.75, 3.05) is 12.1 Å². The number of carboxylic acids is 1. The fourth-order valence-corrected chi connectivity index (χ4v) is 4.30. The zero-order valence-corrected chi connectivity index (χ0v) is 16.2. The van der Waals surface area contributed by atoms with Gasteiger partial charge < -0.3 is 9.84 Å². The number of nitrogens with zero attached hydrogens (tertiary/aromatic N) is 2. The van der Waals surface area contributed by atoms with Crippen molar-refractivity contribution in [3.63, 3.8) is 0 Å². The second-order valence-electron chi connectivity index (χ2n) is 7.62. The van der Waals surface area contributed by atoms with Gasteiger partial charge in [0.1, 0.15) is 5.75 Å². The molecule has 1 unspecified atom stereocenters. The molecular formula is C23H26N2O3. The minimum atomic E-state index is -0.911. The van der Waals surface area contributed by atoms with E-state index in [1.54, 1.807) is 19.2 Å². The maximum Gasteiger partial charge on any atom is 0.335 e. The zero-order valence-electron chi connectivity index (χ0n) is 16.2. The van der Waals surface area contributed by atoms with E-state index in [2.05, 4.69) is 17.1 Å². The number of hydrogen-bond donors (Lipinski definition) is 1. The SMILES string of the molecule is COc1ccc(C2CC(C3CCCCC3)=NN2c2ccc(C(=O)O)cc2)cc1. The first-order valence-electron chi connectivity index (χ1n) is 9.99. The molecule has 28 heavy (non-hydrogen) atoms. The molecule has 0 amide bonds. The van der Waals surface area contributed by atoms with Crippen molar-refractivity contribution in [1.29, 1.82) is 0 Å². The number of hydrazone groups is 1. The lowest BCUT2D eigenvalue weighted by molar-refractivity contribution is 0.0697. The van der Waals surface area contributed by atoms with Gasteiger partial charge in [0.25, 0.3) is 0 Å². The average molecular weight is 378 g/mol. The number of rotatable bonds is 5. The van der Waals surface area contributed by atoms with Gasteiger partial charge in [-0.05, 0) is 60.7 Å². The summed E-state index contributed by atoms with van der Waals surface area (Å²) in [6.45, 7) is 0. The largest absolute Gasteiger partial charge is 0.497 e. The highest BCUT2D eigenvalue weighted by Gasteiger charge is 2.33. The van der Waals surface area contributed by atoms with Crippen LogP contribution >= 0.6 is 0 Å². The molecule has 146 valence electrons. The fraction of sp³-hybridized carbons (Fsp3) is 0.391. The first-order valence-corrected chi connectivity index (χ1v) is 9.99. The molecule has 1 aliphatic carbocycles. The first-order chi connectivity index (χ1) is 13.7. The fourth-order valence-electron chi connectivity index (χ4n) is 4.30. The third-order valence-corrected chi connectivity index (χ3v) is 5.89. The summed E-state index contributed by atoms with van der Waals surface area (Å²) < 4.78 is 5.30. The van der Waals surface area contributed by atoms with Gasteiger partial charge in [0.15, 0.2) is 0 Å². The van der Waals surface area contributed by atoms with Crippen LogP contribution in [0, 0.1) is 5.92 Å². The third-order valence-electron chi connectivity index (χ3n) is 5.89. The van der Waals surface area contributed by atoms with Crippen molar-refractivity contribution in [3.05, 3.63) is 59.7 Å². The number of methoxy groups -OCH3 is 1. The Labute approximate surface area is 165 Å². The monoisotopic (exact) mass is 378 g/mol. The molecule has 0 bridgehead atoms. The molecule has 1 N–H and O–H groups in total. The normalized spacial score (nSPS) is 20.1. The molecule has 1 atom stereocenters. The molecule has 0 aromatic heterocycles. The summed E-state index contributed by atoms with van der Waals surface area (Å²) in [5.74, 6) is 0.497. The van der Waals surface area contributed by atoms with Gasteiger partial charge >= 0.3 is 5.97 Å². The van der Waals surface area contributed by atoms with Crippen LogP contribution in [0.25, 0.3) is 0 Å². The Morgan fingerprint density at radius 3 is 2.32 bits per heavy atom. The van der Waals surface area contributed by atoms with Gasteiger partial charge in [0, 0.05) is 12.1 Å². The van der Waals surface area contributed by atoms with E-state index in [1.807, 2.05) is 24.3 Å². The molecule has 0 radical (unpaired) electrons. The van der Waals surface area contributed by atoms with Gasteiger partial charge in [0.05, 0.1) is 24.4 Å². The molecule has 2 aromatic rings. The highest BCUT2D eigenvalue weighted by Crippen LogP contribution is 2.39. The molecule has 5 heteroatoms. The van der Waals surface area contributed by atoms with Crippen LogP contribution in [0.2, 0.25) is 0 Å². The van der Waals surface area contributed by atoms with Crippen LogP contribution in [0.15, 0.2) is 53.6 Å². The summed E-state index contributed by atoms with van der Waals surface area (Å²) in [4.78, 5) is 11.2. The minimum Gasteiger partial charge on any atom is -0.497 e. The Morgan fingerprint density at radius 1 is 1.04 bits per heavy atom. The number of carboxylic acid groups (broad SMARTS) is 1. The van der Waals surface area contributed by atoms with Crippen LogP contribution in [0.4, 0.5) is 5.69 Å². The average Bonchev–Trinajstić information content (AvgIpc) is 3.20. The lowest BCUT2D eigenvalue weighted by Gasteiger charge is -2.24. The van der Waals surface area contributed by atoms with Crippen molar-refractivity contribution in [2.24, 2.45) is 11.0 Å². The van der Waals surface area contributed by atoms with E-state index in [-0.39, 0.29) is 6.04 Å². The molecule has 2 aromatic carbocycles. The topological polar surface area (TPSA) is 62.1 Å². The maximum atomic E-state index is 11.2. The second-order valence-corrected chi connectivity index (χ2v) is 7.62. The van der Waals surface area contributed by atoms with E-state index >= 15 is 0 Å². The van der Waals surface area contributed by atoms with Crippen LogP contribution in [0.1, 0.15) is 60.5 Å². The van der Waals surface area contributed by atoms with Crippen LogP contribution in [0.5, 0.6) is 5.75 Å². The molecule has 4 rings (SSSR count). The molecule has 1 aliphatic heterocycles. The first kappa shape index (κ1) is 18.5. The molecule has 0 spiro atoms. The van der Waals surface area contributed by atoms with Gasteiger partial charge in [-0.25, -0.2) is 4.79 Å². The lowest BCUT2D eigenvalue weighted by Crippen LogP contribution is -2.19. The Kier molecular flexibility index (Phi) is 5.33. The van der Waals surface area contributed by atoms with Gasteiger partial charge in [-0.3, -0.25) is 5.01 Å². The predicted molar refractivity (Wildman–Crippen MR) is 110 cm³/mol. The summed E-state index contributed by atoms with van der Waals surface area (Å²) in [5.41, 5.74) is 3.69. The molecular weight excluding hydrogens is 352 g/mol. The van der Waals surface area contributed by atoms with Crippen molar-refractivity contribution in [3.8, 4) is 5.75 Å². The van der Waals surface area contributed by atoms with Crippen LogP contribution in [-0.2, 0) is 0 Å². The summed E-state index contributed by atoms with van der Waals surface area (Å²) >= 11 is 0. The van der Waals surface area contributed by atoms with Gasteiger partial charge in [-0.1, -0.05) is 31.4 Å². The quantitative estimate of drug-likeness (QED) is 0.769. The summed E-state index contributed by atoms with van der Waals surface area (Å²) in [6, 6.07) is 15.3. The summed E-state index contributed by atoms with van der Waals surface area (Å²) in [5, 5.41) is 16.3. The number of hydrogen-bond acceptors (Lipinski definition) is 4. The maximum absolute atomic E-state index is 11.2. The molecule has 2 aliphatic rings. The Hall–Kier alpha value is -2.82. The van der Waals surface area contributed by atoms with Crippen LogP contribution in [-0.4, -0.2) is 23.9 Å². The highest BCUT2D eigenvalue weighted by molar-refractivity contribution is 5.91. The molecule has 1 heterocycles. The van der Waals surface area contributed by atoms with Crippen molar-refractivity contribution in [1.82, 2.24) is 0 Å². The molecule has 0 saturated heterocycles. The van der Waals surface area contributed by atoms with E-state index in [1.165, 1.54) is 43.4 Å². The van der Waals surface area contributed by atoms with Crippen molar-refractivity contribution >= 4 is 17.4 Å². The summed E-state index contributed by atoms with van der Waals surface area (Å²) in [6.07, 6.45) is 7.25. The number of carbonyl (C=O) groups is 1. The van der Waals surface area contributed by atoms with Gasteiger partial charge in [-0.2, -0.15) is 5.10 Å². The number of ether oxygens (including phenoxy) is 1. The van der Waals surface area contributed by atoms with E-state index in [4.69, 9.17) is 9.84 Å². The zero-order chi connectivity index (χ0) is 19.5. The molecule has 1 saturated carbocycles. The second kappa shape index (κ2) is 8.05. The van der Waals surface area contributed by atoms with Crippen LogP contribution in [0.3, 0.4) is 0 Å². The standard InChI is InChI=1S/C23H26N2O3/c1-28-20-13-9-17(10-14-20)22-15-21(16-5-3-2-4-6-16)24-25(22)19-11-7-18(8-12-19)23(26)27/h7-14,16,22H,2-6,15H2,1H3,(H,26,27). The Balaban J connectivity index is 1.65. The van der Waals surface area contributed by atoms with Gasteiger partial charge in [-0.15, -0.1) is 0 Å². The Morgan fingerprint density at radius 2 is 1.71 bits per heavy atom.